The molecule has 2 aromatic carbocycles. The Morgan fingerprint density at radius 2 is 1.77 bits per heavy atom. The average molecular weight is 623 g/mol. The number of amides is 2. The van der Waals surface area contributed by atoms with E-state index >= 15 is 0 Å². The molecule has 2 aromatic rings. The predicted octanol–water partition coefficient (Wildman–Crippen LogP) is 2.01. The lowest BCUT2D eigenvalue weighted by Gasteiger charge is -2.28. The fourth-order valence-corrected chi connectivity index (χ4v) is 6.71. The second-order valence-electron chi connectivity index (χ2n) is 11.2. The molecule has 1 aliphatic rings. The van der Waals surface area contributed by atoms with Crippen LogP contribution in [0.2, 0.25) is 0 Å². The third-order valence-electron chi connectivity index (χ3n) is 7.55. The topological polar surface area (TPSA) is 137 Å². The summed E-state index contributed by atoms with van der Waals surface area (Å²) in [4.78, 5) is 26.5. The van der Waals surface area contributed by atoms with Gasteiger partial charge < -0.3 is 26.4 Å². The van der Waals surface area contributed by atoms with E-state index in [2.05, 4.69) is 21.3 Å². The first-order valence-electron chi connectivity index (χ1n) is 14.9. The van der Waals surface area contributed by atoms with Crippen molar-refractivity contribution in [2.24, 2.45) is 5.92 Å². The number of aliphatic hydroxyl groups excluding tert-OH is 1. The van der Waals surface area contributed by atoms with Crippen molar-refractivity contribution in [3.8, 4) is 0 Å². The van der Waals surface area contributed by atoms with Crippen molar-refractivity contribution < 1.29 is 31.9 Å². The van der Waals surface area contributed by atoms with E-state index in [0.717, 1.165) is 35.7 Å². The number of unbranched alkanes of at least 4 members (excludes halogenated alkanes) is 1. The van der Waals surface area contributed by atoms with Gasteiger partial charge in [-0.25, -0.2) is 17.2 Å². The number of hydrogen-bond acceptors (Lipinski definition) is 7. The zero-order chi connectivity index (χ0) is 31.4. The van der Waals surface area contributed by atoms with Crippen molar-refractivity contribution >= 4 is 21.7 Å². The standard InChI is InChI=1S/C31H44F2N4O5S/c1-3-5-11-43(41,42)20-28(37-30(39)24-9-10-34-18-24)31(40)36-27(15-23-13-25(32)16-26(33)14-23)29(38)19-35-17-22-8-6-7-21(4-2)12-22/h6-8,12-14,16,24,27-29,34-35,38H,3-5,9-11,15,17-20H2,1-2H3,(H,36,40)(H,37,39)/t24-,27+,28?,29-/m1/s1. The lowest BCUT2D eigenvalue weighted by Crippen LogP contribution is -2.57. The van der Waals surface area contributed by atoms with Gasteiger partial charge >= 0.3 is 0 Å². The van der Waals surface area contributed by atoms with Crippen LogP contribution in [0.1, 0.15) is 49.8 Å². The number of carbonyl (C=O) groups is 2. The van der Waals surface area contributed by atoms with Gasteiger partial charge in [0.25, 0.3) is 0 Å². The van der Waals surface area contributed by atoms with Crippen LogP contribution in [-0.2, 0) is 38.8 Å². The molecule has 0 aromatic heterocycles. The average Bonchev–Trinajstić information content (AvgIpc) is 3.50. The number of halogens is 2. The molecule has 3 rings (SSSR count). The number of aliphatic hydroxyl groups is 1. The highest BCUT2D eigenvalue weighted by Crippen LogP contribution is 2.14. The second kappa shape index (κ2) is 16.8. The first kappa shape index (κ1) is 34.6. The quantitative estimate of drug-likeness (QED) is 0.182. The Kier molecular flexibility index (Phi) is 13.5. The summed E-state index contributed by atoms with van der Waals surface area (Å²) >= 11 is 0. The molecule has 1 heterocycles. The van der Waals surface area contributed by atoms with E-state index < -0.39 is 63.1 Å². The summed E-state index contributed by atoms with van der Waals surface area (Å²) in [5.41, 5.74) is 2.36. The van der Waals surface area contributed by atoms with Gasteiger partial charge in [-0.3, -0.25) is 9.59 Å². The van der Waals surface area contributed by atoms with E-state index in [9.17, 15) is 31.9 Å². The molecule has 238 valence electrons. The molecule has 0 saturated carbocycles. The maximum atomic E-state index is 14.0. The van der Waals surface area contributed by atoms with Crippen molar-refractivity contribution in [1.29, 1.82) is 0 Å². The molecule has 0 bridgehead atoms. The molecule has 12 heteroatoms. The van der Waals surface area contributed by atoms with E-state index in [1.807, 2.05) is 38.1 Å². The molecule has 0 aliphatic carbocycles. The number of nitrogens with one attached hydrogen (secondary N) is 4. The Balaban J connectivity index is 1.78. The highest BCUT2D eigenvalue weighted by molar-refractivity contribution is 7.91. The van der Waals surface area contributed by atoms with Gasteiger partial charge in [-0.15, -0.1) is 0 Å². The highest BCUT2D eigenvalue weighted by Gasteiger charge is 2.33. The lowest BCUT2D eigenvalue weighted by atomic mass is 10.00. The molecule has 0 spiro atoms. The fourth-order valence-electron chi connectivity index (χ4n) is 5.07. The molecular weight excluding hydrogens is 578 g/mol. The van der Waals surface area contributed by atoms with Crippen molar-refractivity contribution in [3.63, 3.8) is 0 Å². The molecule has 1 unspecified atom stereocenters. The first-order chi connectivity index (χ1) is 20.5. The van der Waals surface area contributed by atoms with Gasteiger partial charge in [0.15, 0.2) is 9.84 Å². The molecule has 43 heavy (non-hydrogen) atoms. The first-order valence-corrected chi connectivity index (χ1v) is 16.7. The summed E-state index contributed by atoms with van der Waals surface area (Å²) in [6, 6.07) is 8.44. The maximum Gasteiger partial charge on any atom is 0.243 e. The molecule has 5 N–H and O–H groups in total. The number of carbonyl (C=O) groups excluding carboxylic acids is 2. The summed E-state index contributed by atoms with van der Waals surface area (Å²) in [6.45, 7) is 5.42. The van der Waals surface area contributed by atoms with Crippen LogP contribution in [0.25, 0.3) is 0 Å². The SMILES string of the molecule is CCCCS(=O)(=O)CC(NC(=O)[C@@H]1CCNC1)C(=O)N[C@@H](Cc1cc(F)cc(F)c1)[C@H](O)CNCc1cccc(CC)c1. The van der Waals surface area contributed by atoms with Crippen LogP contribution in [0.4, 0.5) is 8.78 Å². The monoisotopic (exact) mass is 622 g/mol. The van der Waals surface area contributed by atoms with Crippen molar-refractivity contribution in [2.45, 2.75) is 70.7 Å². The molecule has 4 atom stereocenters. The largest absolute Gasteiger partial charge is 0.390 e. The molecular formula is C31H44F2N4O5S. The van der Waals surface area contributed by atoms with Crippen LogP contribution in [0.3, 0.4) is 0 Å². The van der Waals surface area contributed by atoms with Gasteiger partial charge in [0.2, 0.25) is 11.8 Å². The van der Waals surface area contributed by atoms with Gasteiger partial charge in [-0.2, -0.15) is 0 Å². The zero-order valence-electron chi connectivity index (χ0n) is 24.9. The van der Waals surface area contributed by atoms with Gasteiger partial charge in [-0.1, -0.05) is 44.5 Å². The third-order valence-corrected chi connectivity index (χ3v) is 9.30. The Morgan fingerprint density at radius 1 is 1.05 bits per heavy atom. The smallest absolute Gasteiger partial charge is 0.243 e. The van der Waals surface area contributed by atoms with Crippen LogP contribution in [-0.4, -0.2) is 74.7 Å². The number of rotatable bonds is 17. The highest BCUT2D eigenvalue weighted by atomic mass is 32.2. The lowest BCUT2D eigenvalue weighted by molar-refractivity contribution is -0.131. The second-order valence-corrected chi connectivity index (χ2v) is 13.4. The molecule has 1 aliphatic heterocycles. The minimum atomic E-state index is -3.70. The number of aryl methyl sites for hydroxylation is 1. The van der Waals surface area contributed by atoms with Crippen LogP contribution >= 0.6 is 0 Å². The van der Waals surface area contributed by atoms with E-state index in [0.29, 0.717) is 38.9 Å². The Hall–Kier alpha value is -2.93. The fraction of sp³-hybridized carbons (Fsp3) is 0.548. The van der Waals surface area contributed by atoms with E-state index in [1.54, 1.807) is 0 Å². The maximum absolute atomic E-state index is 14.0. The molecule has 1 saturated heterocycles. The Bertz CT molecular complexity index is 1300. The van der Waals surface area contributed by atoms with Gasteiger partial charge in [0, 0.05) is 25.7 Å². The zero-order valence-corrected chi connectivity index (χ0v) is 25.7. The number of sulfone groups is 1. The summed E-state index contributed by atoms with van der Waals surface area (Å²) in [5.74, 6) is -3.98. The van der Waals surface area contributed by atoms with Crippen LogP contribution in [0.15, 0.2) is 42.5 Å². The molecule has 9 nitrogen and oxygen atoms in total. The summed E-state index contributed by atoms with van der Waals surface area (Å²) < 4.78 is 53.6. The molecule has 0 radical (unpaired) electrons. The minimum Gasteiger partial charge on any atom is -0.390 e. The minimum absolute atomic E-state index is 0.0265. The number of benzene rings is 2. The van der Waals surface area contributed by atoms with E-state index in [-0.39, 0.29) is 24.3 Å². The Morgan fingerprint density at radius 3 is 2.42 bits per heavy atom. The molecule has 1 fully saturated rings. The van der Waals surface area contributed by atoms with E-state index in [1.165, 1.54) is 0 Å². The van der Waals surface area contributed by atoms with Crippen molar-refractivity contribution in [1.82, 2.24) is 21.3 Å². The van der Waals surface area contributed by atoms with Gasteiger partial charge in [-0.05, 0) is 61.1 Å². The Labute approximate surface area is 253 Å². The number of hydrogen-bond donors (Lipinski definition) is 5. The summed E-state index contributed by atoms with van der Waals surface area (Å²) in [6.07, 6.45) is 1.14. The summed E-state index contributed by atoms with van der Waals surface area (Å²) in [7, 11) is -3.70. The van der Waals surface area contributed by atoms with E-state index in [4.69, 9.17) is 0 Å². The third kappa shape index (κ3) is 11.6. The van der Waals surface area contributed by atoms with Crippen LogP contribution in [0, 0.1) is 17.6 Å². The van der Waals surface area contributed by atoms with Crippen LogP contribution in [0.5, 0.6) is 0 Å². The van der Waals surface area contributed by atoms with Crippen molar-refractivity contribution in [3.05, 3.63) is 70.8 Å². The molecule has 2 amide bonds. The van der Waals surface area contributed by atoms with Crippen molar-refractivity contribution in [2.75, 3.05) is 31.1 Å². The van der Waals surface area contributed by atoms with Gasteiger partial charge in [0.1, 0.15) is 17.7 Å². The summed E-state index contributed by atoms with van der Waals surface area (Å²) in [5, 5.41) is 22.7. The van der Waals surface area contributed by atoms with Crippen LogP contribution < -0.4 is 21.3 Å². The van der Waals surface area contributed by atoms with Gasteiger partial charge in [0.05, 0.1) is 29.6 Å². The normalized spacial score (nSPS) is 17.3. The predicted molar refractivity (Wildman–Crippen MR) is 162 cm³/mol.